The van der Waals surface area contributed by atoms with E-state index in [9.17, 15) is 4.79 Å². The molecule has 7 heteroatoms. The van der Waals surface area contributed by atoms with Crippen LogP contribution in [0.1, 0.15) is 5.56 Å². The fourth-order valence-corrected chi connectivity index (χ4v) is 2.51. The van der Waals surface area contributed by atoms with Crippen molar-refractivity contribution in [1.29, 1.82) is 0 Å². The van der Waals surface area contributed by atoms with E-state index in [1.54, 1.807) is 30.6 Å². The summed E-state index contributed by atoms with van der Waals surface area (Å²) >= 11 is 13.2. The number of hydrogen-bond acceptors (Lipinski definition) is 4. The highest BCUT2D eigenvalue weighted by molar-refractivity contribution is 7.99. The first-order valence-electron chi connectivity index (χ1n) is 5.73. The van der Waals surface area contributed by atoms with Crippen LogP contribution in [0.2, 0.25) is 10.0 Å². The van der Waals surface area contributed by atoms with Gasteiger partial charge in [-0.2, -0.15) is 0 Å². The van der Waals surface area contributed by atoms with Gasteiger partial charge in [0, 0.05) is 18.1 Å². The van der Waals surface area contributed by atoms with Crippen molar-refractivity contribution in [2.24, 2.45) is 0 Å². The molecule has 2 aromatic rings. The quantitative estimate of drug-likeness (QED) is 0.910. The SMILES string of the molecule is O=C(CSCc1ccc(Cl)c(Cl)c1)Nc1ncccn1. The van der Waals surface area contributed by atoms with E-state index in [0.717, 1.165) is 5.56 Å². The van der Waals surface area contributed by atoms with E-state index in [0.29, 0.717) is 27.5 Å². The van der Waals surface area contributed by atoms with Crippen LogP contribution in [0.4, 0.5) is 5.95 Å². The Balaban J connectivity index is 1.78. The second kappa shape index (κ2) is 7.47. The number of anilines is 1. The molecule has 0 bridgehead atoms. The van der Waals surface area contributed by atoms with Gasteiger partial charge in [-0.25, -0.2) is 9.97 Å². The van der Waals surface area contributed by atoms with Gasteiger partial charge in [-0.05, 0) is 23.8 Å². The van der Waals surface area contributed by atoms with Crippen molar-refractivity contribution < 1.29 is 4.79 Å². The number of benzene rings is 1. The van der Waals surface area contributed by atoms with Gasteiger partial charge in [-0.15, -0.1) is 11.8 Å². The van der Waals surface area contributed by atoms with Crippen molar-refractivity contribution in [3.05, 3.63) is 52.3 Å². The van der Waals surface area contributed by atoms with Crippen LogP contribution in [0, 0.1) is 0 Å². The van der Waals surface area contributed by atoms with E-state index >= 15 is 0 Å². The van der Waals surface area contributed by atoms with Crippen molar-refractivity contribution >= 4 is 46.8 Å². The molecule has 104 valence electrons. The molecule has 1 aromatic carbocycles. The Morgan fingerprint density at radius 3 is 2.65 bits per heavy atom. The number of halogens is 2. The molecule has 0 saturated carbocycles. The smallest absolute Gasteiger partial charge is 0.236 e. The molecule has 0 saturated heterocycles. The van der Waals surface area contributed by atoms with Crippen LogP contribution in [0.5, 0.6) is 0 Å². The van der Waals surface area contributed by atoms with Gasteiger partial charge in [0.25, 0.3) is 0 Å². The van der Waals surface area contributed by atoms with E-state index < -0.39 is 0 Å². The van der Waals surface area contributed by atoms with Gasteiger partial charge in [0.05, 0.1) is 15.8 Å². The van der Waals surface area contributed by atoms with Crippen LogP contribution in [-0.4, -0.2) is 21.6 Å². The van der Waals surface area contributed by atoms with E-state index in [-0.39, 0.29) is 5.91 Å². The summed E-state index contributed by atoms with van der Waals surface area (Å²) in [6.45, 7) is 0. The lowest BCUT2D eigenvalue weighted by atomic mass is 10.2. The van der Waals surface area contributed by atoms with E-state index in [1.807, 2.05) is 6.07 Å². The second-order valence-electron chi connectivity index (χ2n) is 3.86. The predicted molar refractivity (Wildman–Crippen MR) is 83.3 cm³/mol. The predicted octanol–water partition coefficient (Wildman–Crippen LogP) is 3.66. The third-order valence-electron chi connectivity index (χ3n) is 2.30. The molecule has 20 heavy (non-hydrogen) atoms. The zero-order valence-electron chi connectivity index (χ0n) is 10.3. The fourth-order valence-electron chi connectivity index (χ4n) is 1.42. The Labute approximate surface area is 130 Å². The highest BCUT2D eigenvalue weighted by Gasteiger charge is 2.05. The Kier molecular flexibility index (Phi) is 5.64. The molecule has 1 N–H and O–H groups in total. The minimum absolute atomic E-state index is 0.138. The van der Waals surface area contributed by atoms with Gasteiger partial charge >= 0.3 is 0 Å². The zero-order chi connectivity index (χ0) is 14.4. The van der Waals surface area contributed by atoms with Crippen molar-refractivity contribution in [3.8, 4) is 0 Å². The van der Waals surface area contributed by atoms with Crippen LogP contribution in [0.3, 0.4) is 0 Å². The molecule has 1 aromatic heterocycles. The van der Waals surface area contributed by atoms with Crippen LogP contribution in [-0.2, 0) is 10.5 Å². The lowest BCUT2D eigenvalue weighted by molar-refractivity contribution is -0.113. The summed E-state index contributed by atoms with van der Waals surface area (Å²) in [7, 11) is 0. The number of aromatic nitrogens is 2. The van der Waals surface area contributed by atoms with Gasteiger partial charge in [0.2, 0.25) is 11.9 Å². The normalized spacial score (nSPS) is 10.3. The molecule has 2 rings (SSSR count). The molecular formula is C13H11Cl2N3OS. The lowest BCUT2D eigenvalue weighted by Crippen LogP contribution is -2.16. The van der Waals surface area contributed by atoms with Crippen molar-refractivity contribution in [1.82, 2.24) is 9.97 Å². The minimum Gasteiger partial charge on any atom is -0.294 e. The molecule has 0 aliphatic rings. The Bertz CT molecular complexity index is 595. The number of hydrogen-bond donors (Lipinski definition) is 1. The van der Waals surface area contributed by atoms with E-state index in [1.165, 1.54) is 11.8 Å². The van der Waals surface area contributed by atoms with Crippen LogP contribution in [0.25, 0.3) is 0 Å². The van der Waals surface area contributed by atoms with E-state index in [2.05, 4.69) is 15.3 Å². The third-order valence-corrected chi connectivity index (χ3v) is 4.05. The maximum atomic E-state index is 11.7. The molecule has 0 atom stereocenters. The highest BCUT2D eigenvalue weighted by atomic mass is 35.5. The van der Waals surface area contributed by atoms with Crippen molar-refractivity contribution in [2.75, 3.05) is 11.1 Å². The summed E-state index contributed by atoms with van der Waals surface area (Å²) in [6.07, 6.45) is 3.15. The summed E-state index contributed by atoms with van der Waals surface area (Å²) in [5.74, 6) is 1.17. The molecule has 0 radical (unpaired) electrons. The molecule has 0 aliphatic heterocycles. The maximum Gasteiger partial charge on any atom is 0.236 e. The molecule has 0 spiro atoms. The highest BCUT2D eigenvalue weighted by Crippen LogP contribution is 2.24. The first-order valence-corrected chi connectivity index (χ1v) is 7.65. The Morgan fingerprint density at radius 1 is 1.20 bits per heavy atom. The zero-order valence-corrected chi connectivity index (χ0v) is 12.7. The van der Waals surface area contributed by atoms with Gasteiger partial charge in [0.1, 0.15) is 0 Å². The molecule has 0 unspecified atom stereocenters. The number of rotatable bonds is 5. The Morgan fingerprint density at radius 2 is 1.95 bits per heavy atom. The molecule has 0 aliphatic carbocycles. The molecule has 0 fully saturated rings. The van der Waals surface area contributed by atoms with Gasteiger partial charge < -0.3 is 0 Å². The topological polar surface area (TPSA) is 54.9 Å². The van der Waals surface area contributed by atoms with Crippen LogP contribution < -0.4 is 5.32 Å². The summed E-state index contributed by atoms with van der Waals surface area (Å²) in [4.78, 5) is 19.5. The average Bonchev–Trinajstić information content (AvgIpc) is 2.44. The summed E-state index contributed by atoms with van der Waals surface area (Å²) in [5, 5.41) is 3.67. The number of nitrogens with one attached hydrogen (secondary N) is 1. The standard InChI is InChI=1S/C13H11Cl2N3OS/c14-10-3-2-9(6-11(10)15)7-20-8-12(19)18-13-16-4-1-5-17-13/h1-6H,7-8H2,(H,16,17,18,19). The monoisotopic (exact) mass is 327 g/mol. The van der Waals surface area contributed by atoms with Gasteiger partial charge in [-0.1, -0.05) is 29.3 Å². The van der Waals surface area contributed by atoms with Crippen LogP contribution >= 0.6 is 35.0 Å². The summed E-state index contributed by atoms with van der Waals surface area (Å²) in [6, 6.07) is 7.13. The van der Waals surface area contributed by atoms with Crippen molar-refractivity contribution in [3.63, 3.8) is 0 Å². The number of carbonyl (C=O) groups excluding carboxylic acids is 1. The molecule has 4 nitrogen and oxygen atoms in total. The number of thioether (sulfide) groups is 1. The summed E-state index contributed by atoms with van der Waals surface area (Å²) < 4.78 is 0. The third kappa shape index (κ3) is 4.67. The van der Waals surface area contributed by atoms with E-state index in [4.69, 9.17) is 23.2 Å². The van der Waals surface area contributed by atoms with Crippen molar-refractivity contribution in [2.45, 2.75) is 5.75 Å². The second-order valence-corrected chi connectivity index (χ2v) is 5.66. The summed E-state index contributed by atoms with van der Waals surface area (Å²) in [5.41, 5.74) is 1.02. The van der Waals surface area contributed by atoms with Gasteiger partial charge in [-0.3, -0.25) is 10.1 Å². The lowest BCUT2D eigenvalue weighted by Gasteiger charge is -2.04. The Hall–Kier alpha value is -1.30. The number of carbonyl (C=O) groups is 1. The fraction of sp³-hybridized carbons (Fsp3) is 0.154. The molecular weight excluding hydrogens is 317 g/mol. The van der Waals surface area contributed by atoms with Crippen LogP contribution in [0.15, 0.2) is 36.7 Å². The molecule has 1 heterocycles. The maximum absolute atomic E-state index is 11.7. The number of nitrogens with zero attached hydrogens (tertiary/aromatic N) is 2. The minimum atomic E-state index is -0.138. The largest absolute Gasteiger partial charge is 0.294 e. The first kappa shape index (κ1) is 15.1. The average molecular weight is 328 g/mol. The number of amides is 1. The first-order chi connectivity index (χ1) is 9.65. The van der Waals surface area contributed by atoms with Gasteiger partial charge in [0.15, 0.2) is 0 Å². The molecule has 1 amide bonds.